The summed E-state index contributed by atoms with van der Waals surface area (Å²) in [7, 11) is 4.00. The molecule has 0 aliphatic carbocycles. The van der Waals surface area contributed by atoms with E-state index in [4.69, 9.17) is 0 Å². The Bertz CT molecular complexity index is 629. The molecule has 0 spiro atoms. The molecule has 0 fully saturated rings. The number of hydrogen-bond donors (Lipinski definition) is 3. The normalized spacial score (nSPS) is 13.6. The van der Waals surface area contributed by atoms with Crippen LogP contribution >= 0.6 is 11.3 Å². The van der Waals surface area contributed by atoms with E-state index in [1.807, 2.05) is 38.5 Å². The van der Waals surface area contributed by atoms with Gasteiger partial charge in [-0.25, -0.2) is 4.79 Å². The lowest BCUT2D eigenvalue weighted by molar-refractivity contribution is 0.230. The zero-order chi connectivity index (χ0) is 16.8. The van der Waals surface area contributed by atoms with Crippen molar-refractivity contribution in [1.29, 1.82) is 0 Å². The maximum absolute atomic E-state index is 12.1. The van der Waals surface area contributed by atoms with Gasteiger partial charge < -0.3 is 20.6 Å². The second kappa shape index (κ2) is 7.99. The van der Waals surface area contributed by atoms with Crippen molar-refractivity contribution in [2.75, 3.05) is 20.6 Å². The van der Waals surface area contributed by atoms with Gasteiger partial charge in [0.15, 0.2) is 0 Å². The molecule has 0 unspecified atom stereocenters. The van der Waals surface area contributed by atoms with Gasteiger partial charge in [0.1, 0.15) is 5.75 Å². The highest BCUT2D eigenvalue weighted by Crippen LogP contribution is 2.22. The molecule has 0 radical (unpaired) electrons. The summed E-state index contributed by atoms with van der Waals surface area (Å²) in [6.45, 7) is 2.42. The maximum Gasteiger partial charge on any atom is 0.315 e. The van der Waals surface area contributed by atoms with Gasteiger partial charge in [-0.1, -0.05) is 18.2 Å². The number of carbonyl (C=O) groups excluding carboxylic acids is 1. The number of amides is 2. The topological polar surface area (TPSA) is 64.6 Å². The van der Waals surface area contributed by atoms with Crippen molar-refractivity contribution < 1.29 is 9.90 Å². The summed E-state index contributed by atoms with van der Waals surface area (Å²) in [5.41, 5.74) is 0.863. The second-order valence-corrected chi connectivity index (χ2v) is 6.65. The number of phenols is 1. The Morgan fingerprint density at radius 1 is 1.30 bits per heavy atom. The van der Waals surface area contributed by atoms with E-state index in [9.17, 15) is 9.90 Å². The fourth-order valence-corrected chi connectivity index (χ4v) is 3.26. The molecule has 5 nitrogen and oxygen atoms in total. The van der Waals surface area contributed by atoms with Gasteiger partial charge in [-0.15, -0.1) is 11.3 Å². The van der Waals surface area contributed by atoms with Crippen molar-refractivity contribution in [2.24, 2.45) is 0 Å². The number of carbonyl (C=O) groups is 1. The van der Waals surface area contributed by atoms with Crippen LogP contribution in [-0.4, -0.2) is 36.7 Å². The van der Waals surface area contributed by atoms with Crippen molar-refractivity contribution in [3.8, 4) is 5.75 Å². The van der Waals surface area contributed by atoms with Gasteiger partial charge >= 0.3 is 6.03 Å². The van der Waals surface area contributed by atoms with Gasteiger partial charge in [-0.3, -0.25) is 0 Å². The van der Waals surface area contributed by atoms with Crippen LogP contribution in [0.1, 0.15) is 29.4 Å². The average molecular weight is 333 g/mol. The Morgan fingerprint density at radius 2 is 2.09 bits per heavy atom. The predicted octanol–water partition coefficient (Wildman–Crippen LogP) is 3.12. The standard InChI is InChI=1S/C17H23N3O2S/c1-12(13-6-4-7-14(21)10-13)19-17(22)18-11-15(20(2)3)16-8-5-9-23-16/h4-10,12,15,21H,11H2,1-3H3,(H2,18,19,22)/t12-,15+/m0/s1. The highest BCUT2D eigenvalue weighted by molar-refractivity contribution is 7.10. The van der Waals surface area contributed by atoms with E-state index < -0.39 is 0 Å². The van der Waals surface area contributed by atoms with Crippen LogP contribution in [0.2, 0.25) is 0 Å². The number of nitrogens with one attached hydrogen (secondary N) is 2. The van der Waals surface area contributed by atoms with Gasteiger partial charge in [0.05, 0.1) is 12.1 Å². The number of nitrogens with zero attached hydrogens (tertiary/aromatic N) is 1. The number of aromatic hydroxyl groups is 1. The first kappa shape index (κ1) is 17.3. The van der Waals surface area contributed by atoms with Gasteiger partial charge in [0, 0.05) is 11.4 Å². The van der Waals surface area contributed by atoms with E-state index in [-0.39, 0.29) is 23.9 Å². The van der Waals surface area contributed by atoms with Crippen molar-refractivity contribution in [3.05, 3.63) is 52.2 Å². The van der Waals surface area contributed by atoms with E-state index >= 15 is 0 Å². The van der Waals surface area contributed by atoms with E-state index in [2.05, 4.69) is 21.6 Å². The zero-order valence-corrected chi connectivity index (χ0v) is 14.4. The summed E-state index contributed by atoms with van der Waals surface area (Å²) >= 11 is 1.68. The lowest BCUT2D eigenvalue weighted by Gasteiger charge is -2.24. The quantitative estimate of drug-likeness (QED) is 0.761. The van der Waals surface area contributed by atoms with Gasteiger partial charge in [-0.05, 0) is 50.2 Å². The molecule has 6 heteroatoms. The number of rotatable bonds is 6. The molecule has 2 rings (SSSR count). The highest BCUT2D eigenvalue weighted by atomic mass is 32.1. The minimum Gasteiger partial charge on any atom is -0.508 e. The lowest BCUT2D eigenvalue weighted by Crippen LogP contribution is -2.41. The van der Waals surface area contributed by atoms with Crippen LogP contribution in [0, 0.1) is 0 Å². The fraction of sp³-hybridized carbons (Fsp3) is 0.353. The Hall–Kier alpha value is -2.05. The van der Waals surface area contributed by atoms with Crippen molar-refractivity contribution in [2.45, 2.75) is 19.0 Å². The maximum atomic E-state index is 12.1. The Balaban J connectivity index is 1.89. The smallest absolute Gasteiger partial charge is 0.315 e. The molecule has 0 saturated heterocycles. The van der Waals surface area contributed by atoms with E-state index in [0.717, 1.165) is 5.56 Å². The monoisotopic (exact) mass is 333 g/mol. The molecule has 0 saturated carbocycles. The van der Waals surface area contributed by atoms with Crippen LogP contribution in [0.5, 0.6) is 5.75 Å². The molecule has 23 heavy (non-hydrogen) atoms. The molecule has 1 aromatic heterocycles. The molecule has 3 N–H and O–H groups in total. The van der Waals surface area contributed by atoms with Crippen molar-refractivity contribution >= 4 is 17.4 Å². The van der Waals surface area contributed by atoms with E-state index in [0.29, 0.717) is 6.54 Å². The summed E-state index contributed by atoms with van der Waals surface area (Å²) in [6.07, 6.45) is 0. The Morgan fingerprint density at radius 3 is 2.70 bits per heavy atom. The summed E-state index contributed by atoms with van der Waals surface area (Å²) in [5.74, 6) is 0.196. The van der Waals surface area contributed by atoms with Gasteiger partial charge in [0.25, 0.3) is 0 Å². The number of likely N-dealkylation sites (N-methyl/N-ethyl adjacent to an activating group) is 1. The number of hydrogen-bond acceptors (Lipinski definition) is 4. The zero-order valence-electron chi connectivity index (χ0n) is 13.6. The third kappa shape index (κ3) is 4.97. The van der Waals surface area contributed by atoms with Crippen LogP contribution in [0.4, 0.5) is 4.79 Å². The molecule has 1 aromatic carbocycles. The predicted molar refractivity (Wildman–Crippen MR) is 93.8 cm³/mol. The van der Waals surface area contributed by atoms with Crippen LogP contribution in [-0.2, 0) is 0 Å². The summed E-state index contributed by atoms with van der Waals surface area (Å²) in [6, 6.07) is 10.7. The third-order valence-electron chi connectivity index (χ3n) is 3.67. The summed E-state index contributed by atoms with van der Waals surface area (Å²) in [5, 5.41) is 17.4. The molecule has 0 aliphatic rings. The van der Waals surface area contributed by atoms with Gasteiger partial charge in [0.2, 0.25) is 0 Å². The van der Waals surface area contributed by atoms with Gasteiger partial charge in [-0.2, -0.15) is 0 Å². The molecule has 1 heterocycles. The first-order valence-corrected chi connectivity index (χ1v) is 8.38. The van der Waals surface area contributed by atoms with Crippen molar-refractivity contribution in [3.63, 3.8) is 0 Å². The summed E-state index contributed by atoms with van der Waals surface area (Å²) < 4.78 is 0. The SMILES string of the molecule is C[C@H](NC(=O)NC[C@H](c1cccs1)N(C)C)c1cccc(O)c1. The minimum atomic E-state index is -0.218. The molecular formula is C17H23N3O2S. The number of benzene rings is 1. The molecule has 2 atom stereocenters. The third-order valence-corrected chi connectivity index (χ3v) is 4.64. The van der Waals surface area contributed by atoms with E-state index in [1.54, 1.807) is 29.5 Å². The number of phenolic OH excluding ortho intramolecular Hbond substituents is 1. The molecule has 0 aliphatic heterocycles. The summed E-state index contributed by atoms with van der Waals surface area (Å²) in [4.78, 5) is 15.4. The molecule has 2 aromatic rings. The fourth-order valence-electron chi connectivity index (χ4n) is 2.33. The largest absolute Gasteiger partial charge is 0.508 e. The van der Waals surface area contributed by atoms with Crippen LogP contribution < -0.4 is 10.6 Å². The second-order valence-electron chi connectivity index (χ2n) is 5.67. The Labute approximate surface area is 140 Å². The first-order valence-electron chi connectivity index (χ1n) is 7.50. The van der Waals surface area contributed by atoms with Crippen LogP contribution in [0.3, 0.4) is 0 Å². The molecule has 124 valence electrons. The number of urea groups is 1. The lowest BCUT2D eigenvalue weighted by atomic mass is 10.1. The minimum absolute atomic E-state index is 0.150. The first-order chi connectivity index (χ1) is 11.0. The average Bonchev–Trinajstić information content (AvgIpc) is 3.01. The molecule has 2 amide bonds. The number of thiophene rings is 1. The van der Waals surface area contributed by atoms with E-state index in [1.165, 1.54) is 4.88 Å². The van der Waals surface area contributed by atoms with Crippen molar-refractivity contribution in [1.82, 2.24) is 15.5 Å². The Kier molecular flexibility index (Phi) is 6.01. The molecular weight excluding hydrogens is 310 g/mol. The molecule has 0 bridgehead atoms. The van der Waals surface area contributed by atoms with Crippen LogP contribution in [0.25, 0.3) is 0 Å². The highest BCUT2D eigenvalue weighted by Gasteiger charge is 2.17. The van der Waals surface area contributed by atoms with Crippen LogP contribution in [0.15, 0.2) is 41.8 Å².